The highest BCUT2D eigenvalue weighted by Crippen LogP contribution is 2.26. The Bertz CT molecular complexity index is 290. The molecule has 0 saturated carbocycles. The second-order valence-electron chi connectivity index (χ2n) is 6.55. The number of hydrogen-bond acceptors (Lipinski definition) is 3. The van der Waals surface area contributed by atoms with Crippen molar-refractivity contribution < 1.29 is 0 Å². The molecule has 4 heteroatoms. The Morgan fingerprint density at radius 3 is 2.35 bits per heavy atom. The van der Waals surface area contributed by atoms with Gasteiger partial charge >= 0.3 is 0 Å². The lowest BCUT2D eigenvalue weighted by Gasteiger charge is -2.41. The van der Waals surface area contributed by atoms with E-state index in [0.29, 0.717) is 5.79 Å². The first-order valence-electron chi connectivity index (χ1n) is 6.67. The minimum absolute atomic E-state index is 0.144. The standard InChI is InChI=1S/C13H27N3Si/c1-11(9-14)10-15-7-8-16(13(2,3)4)12(15)17(5)6/h11-12,17H,7-8,10H2,1-6H3. The summed E-state index contributed by atoms with van der Waals surface area (Å²) in [6.07, 6.45) is 0. The Labute approximate surface area is 108 Å². The van der Waals surface area contributed by atoms with E-state index in [1.165, 1.54) is 0 Å². The fourth-order valence-electron chi connectivity index (χ4n) is 2.80. The zero-order valence-corrected chi connectivity index (χ0v) is 13.3. The van der Waals surface area contributed by atoms with E-state index in [4.69, 9.17) is 5.26 Å². The second kappa shape index (κ2) is 5.51. The summed E-state index contributed by atoms with van der Waals surface area (Å²) in [5, 5.41) is 8.97. The third-order valence-electron chi connectivity index (χ3n) is 3.51. The Kier molecular flexibility index (Phi) is 4.76. The van der Waals surface area contributed by atoms with Crippen LogP contribution in [-0.4, -0.2) is 49.6 Å². The summed E-state index contributed by atoms with van der Waals surface area (Å²) < 4.78 is 0. The van der Waals surface area contributed by atoms with Crippen LogP contribution < -0.4 is 0 Å². The van der Waals surface area contributed by atoms with Gasteiger partial charge < -0.3 is 0 Å². The molecule has 1 fully saturated rings. The summed E-state index contributed by atoms with van der Waals surface area (Å²) in [4.78, 5) is 5.17. The molecule has 0 aromatic heterocycles. The van der Waals surface area contributed by atoms with E-state index >= 15 is 0 Å². The first kappa shape index (κ1) is 14.7. The average molecular weight is 253 g/mol. The van der Waals surface area contributed by atoms with Crippen molar-refractivity contribution in [2.24, 2.45) is 5.92 Å². The van der Waals surface area contributed by atoms with Gasteiger partial charge in [0.2, 0.25) is 0 Å². The van der Waals surface area contributed by atoms with Crippen LogP contribution in [0.4, 0.5) is 0 Å². The van der Waals surface area contributed by atoms with Crippen LogP contribution in [0, 0.1) is 17.2 Å². The van der Waals surface area contributed by atoms with E-state index in [0.717, 1.165) is 19.6 Å². The SMILES string of the molecule is CC(C#N)CN1CCN(C(C)(C)C)C1[SiH](C)C. The molecule has 17 heavy (non-hydrogen) atoms. The van der Waals surface area contributed by atoms with Gasteiger partial charge in [-0.2, -0.15) is 5.26 Å². The Balaban J connectivity index is 2.79. The van der Waals surface area contributed by atoms with Gasteiger partial charge in [-0.3, -0.25) is 9.80 Å². The first-order valence-corrected chi connectivity index (χ1v) is 9.65. The van der Waals surface area contributed by atoms with E-state index in [9.17, 15) is 0 Å². The van der Waals surface area contributed by atoms with E-state index in [1.807, 2.05) is 6.92 Å². The van der Waals surface area contributed by atoms with Gasteiger partial charge in [0.05, 0.1) is 20.8 Å². The Morgan fingerprint density at radius 2 is 1.94 bits per heavy atom. The molecule has 0 aliphatic carbocycles. The Hall–Kier alpha value is -0.373. The van der Waals surface area contributed by atoms with Crippen molar-refractivity contribution >= 4 is 8.80 Å². The molecule has 0 aromatic carbocycles. The summed E-state index contributed by atoms with van der Waals surface area (Å²) in [6.45, 7) is 17.0. The molecular formula is C13H27N3Si. The fourth-order valence-corrected chi connectivity index (χ4v) is 5.23. The summed E-state index contributed by atoms with van der Waals surface area (Å²) in [6, 6.07) is 2.36. The fraction of sp³-hybridized carbons (Fsp3) is 0.923. The molecule has 2 unspecified atom stereocenters. The maximum Gasteiger partial charge on any atom is 0.0692 e. The summed E-state index contributed by atoms with van der Waals surface area (Å²) in [7, 11) is -0.766. The highest BCUT2D eigenvalue weighted by atomic mass is 28.3. The minimum Gasteiger partial charge on any atom is -0.288 e. The quantitative estimate of drug-likeness (QED) is 0.720. The minimum atomic E-state index is -0.766. The molecule has 1 aliphatic heterocycles. The van der Waals surface area contributed by atoms with Crippen LogP contribution in [-0.2, 0) is 0 Å². The zero-order valence-electron chi connectivity index (χ0n) is 12.2. The zero-order chi connectivity index (χ0) is 13.2. The molecule has 0 N–H and O–H groups in total. The molecule has 1 heterocycles. The van der Waals surface area contributed by atoms with Crippen molar-refractivity contribution in [2.75, 3.05) is 19.6 Å². The van der Waals surface area contributed by atoms with Crippen LogP contribution in [0.2, 0.25) is 13.1 Å². The van der Waals surface area contributed by atoms with E-state index < -0.39 is 8.80 Å². The normalized spacial score (nSPS) is 25.2. The van der Waals surface area contributed by atoms with Gasteiger partial charge in [-0.15, -0.1) is 0 Å². The monoisotopic (exact) mass is 253 g/mol. The van der Waals surface area contributed by atoms with Crippen molar-refractivity contribution in [3.05, 3.63) is 0 Å². The van der Waals surface area contributed by atoms with Crippen LogP contribution >= 0.6 is 0 Å². The molecule has 1 rings (SSSR count). The summed E-state index contributed by atoms with van der Waals surface area (Å²) >= 11 is 0. The van der Waals surface area contributed by atoms with Crippen molar-refractivity contribution in [2.45, 2.75) is 52.1 Å². The second-order valence-corrected chi connectivity index (χ2v) is 9.63. The van der Waals surface area contributed by atoms with Crippen molar-refractivity contribution in [1.82, 2.24) is 9.80 Å². The highest BCUT2D eigenvalue weighted by molar-refractivity contribution is 6.57. The maximum absolute atomic E-state index is 8.97. The smallest absolute Gasteiger partial charge is 0.0692 e. The van der Waals surface area contributed by atoms with E-state index in [2.05, 4.69) is 49.7 Å². The van der Waals surface area contributed by atoms with Gasteiger partial charge in [0.1, 0.15) is 0 Å². The number of nitrogens with zero attached hydrogens (tertiary/aromatic N) is 3. The molecule has 1 aliphatic rings. The molecule has 0 bridgehead atoms. The third-order valence-corrected chi connectivity index (χ3v) is 5.48. The lowest BCUT2D eigenvalue weighted by atomic mass is 10.1. The Morgan fingerprint density at radius 1 is 1.35 bits per heavy atom. The van der Waals surface area contributed by atoms with Crippen molar-refractivity contribution in [1.29, 1.82) is 5.26 Å². The lowest BCUT2D eigenvalue weighted by molar-refractivity contribution is 0.105. The molecule has 98 valence electrons. The van der Waals surface area contributed by atoms with Gasteiger partial charge in [0.25, 0.3) is 0 Å². The number of nitriles is 1. The van der Waals surface area contributed by atoms with Gasteiger partial charge in [-0.25, -0.2) is 0 Å². The number of hydrogen-bond donors (Lipinski definition) is 0. The van der Waals surface area contributed by atoms with Crippen LogP contribution in [0.25, 0.3) is 0 Å². The van der Waals surface area contributed by atoms with Crippen molar-refractivity contribution in [3.63, 3.8) is 0 Å². The maximum atomic E-state index is 8.97. The predicted molar refractivity (Wildman–Crippen MR) is 75.5 cm³/mol. The molecular weight excluding hydrogens is 226 g/mol. The topological polar surface area (TPSA) is 30.3 Å². The van der Waals surface area contributed by atoms with Crippen LogP contribution in [0.1, 0.15) is 27.7 Å². The lowest BCUT2D eigenvalue weighted by Crippen LogP contribution is -2.54. The largest absolute Gasteiger partial charge is 0.288 e. The molecule has 0 amide bonds. The van der Waals surface area contributed by atoms with Crippen LogP contribution in [0.5, 0.6) is 0 Å². The van der Waals surface area contributed by atoms with Gasteiger partial charge in [-0.05, 0) is 27.7 Å². The molecule has 3 nitrogen and oxygen atoms in total. The molecule has 0 spiro atoms. The first-order chi connectivity index (χ1) is 7.77. The summed E-state index contributed by atoms with van der Waals surface area (Å²) in [5.74, 6) is 0.760. The predicted octanol–water partition coefficient (Wildman–Crippen LogP) is 1.91. The molecule has 0 aromatic rings. The van der Waals surface area contributed by atoms with Gasteiger partial charge in [0, 0.05) is 31.0 Å². The van der Waals surface area contributed by atoms with Gasteiger partial charge in [0.15, 0.2) is 0 Å². The molecule has 2 atom stereocenters. The van der Waals surface area contributed by atoms with Crippen LogP contribution in [0.15, 0.2) is 0 Å². The summed E-state index contributed by atoms with van der Waals surface area (Å²) in [5.41, 5.74) is 0.243. The van der Waals surface area contributed by atoms with E-state index in [1.54, 1.807) is 0 Å². The molecule has 0 radical (unpaired) electrons. The van der Waals surface area contributed by atoms with Gasteiger partial charge in [-0.1, -0.05) is 13.1 Å². The van der Waals surface area contributed by atoms with E-state index in [-0.39, 0.29) is 11.5 Å². The van der Waals surface area contributed by atoms with Crippen molar-refractivity contribution in [3.8, 4) is 6.07 Å². The average Bonchev–Trinajstić information content (AvgIpc) is 2.60. The third kappa shape index (κ3) is 3.54. The highest BCUT2D eigenvalue weighted by Gasteiger charge is 2.40. The molecule has 1 saturated heterocycles. The number of rotatable bonds is 3. The van der Waals surface area contributed by atoms with Crippen LogP contribution in [0.3, 0.4) is 0 Å².